The van der Waals surface area contributed by atoms with Crippen molar-refractivity contribution in [2.24, 2.45) is 0 Å². The molecule has 0 fully saturated rings. The zero-order valence-electron chi connectivity index (χ0n) is 10.3. The summed E-state index contributed by atoms with van der Waals surface area (Å²) in [6, 6.07) is 9.49. The summed E-state index contributed by atoms with van der Waals surface area (Å²) in [6.07, 6.45) is 1.65. The lowest BCUT2D eigenvalue weighted by Crippen LogP contribution is -2.26. The number of benzene rings is 1. The molecule has 4 heteroatoms. The molecule has 0 saturated carbocycles. The second-order valence-electron chi connectivity index (χ2n) is 4.17. The molecule has 1 amide bonds. The van der Waals surface area contributed by atoms with Gasteiger partial charge in [-0.15, -0.1) is 0 Å². The van der Waals surface area contributed by atoms with Crippen LogP contribution in [0.2, 0.25) is 0 Å². The van der Waals surface area contributed by atoms with Crippen LogP contribution >= 0.6 is 22.6 Å². The van der Waals surface area contributed by atoms with E-state index in [1.54, 1.807) is 18.2 Å². The van der Waals surface area contributed by atoms with Crippen molar-refractivity contribution in [1.29, 1.82) is 0 Å². The topological polar surface area (TPSA) is 33.5 Å². The number of carbonyl (C=O) groups excluding carboxylic acids is 1. The Labute approximate surface area is 120 Å². The zero-order valence-corrected chi connectivity index (χ0v) is 12.5. The highest BCUT2D eigenvalue weighted by molar-refractivity contribution is 14.1. The molecule has 0 spiro atoms. The van der Waals surface area contributed by atoms with Crippen molar-refractivity contribution in [3.05, 3.63) is 57.1 Å². The summed E-state index contributed by atoms with van der Waals surface area (Å²) in [4.78, 5) is 13.9. The standard InChI is InChI=1S/C14H14INO2/c1-10-12(6-7-18-10)9-16(2)14(17)11-4-3-5-13(15)8-11/h3-8H,9H2,1-2H3. The molecule has 1 heterocycles. The van der Waals surface area contributed by atoms with E-state index < -0.39 is 0 Å². The Morgan fingerprint density at radius 1 is 1.39 bits per heavy atom. The van der Waals surface area contributed by atoms with Crippen molar-refractivity contribution in [1.82, 2.24) is 4.90 Å². The molecule has 0 atom stereocenters. The third-order valence-corrected chi connectivity index (χ3v) is 3.46. The van der Waals surface area contributed by atoms with Gasteiger partial charge in [-0.25, -0.2) is 0 Å². The second kappa shape index (κ2) is 5.56. The third kappa shape index (κ3) is 2.93. The summed E-state index contributed by atoms with van der Waals surface area (Å²) in [5, 5.41) is 0. The van der Waals surface area contributed by atoms with E-state index in [9.17, 15) is 4.79 Å². The predicted octanol–water partition coefficient (Wildman–Crippen LogP) is 3.46. The van der Waals surface area contributed by atoms with E-state index >= 15 is 0 Å². The monoisotopic (exact) mass is 355 g/mol. The summed E-state index contributed by atoms with van der Waals surface area (Å²) < 4.78 is 6.29. The minimum atomic E-state index is 0.0223. The SMILES string of the molecule is Cc1occc1CN(C)C(=O)c1cccc(I)c1. The Hall–Kier alpha value is -1.30. The number of hydrogen-bond acceptors (Lipinski definition) is 2. The van der Waals surface area contributed by atoms with E-state index in [1.165, 1.54) is 0 Å². The van der Waals surface area contributed by atoms with Crippen LogP contribution < -0.4 is 0 Å². The van der Waals surface area contributed by atoms with Gasteiger partial charge in [-0.1, -0.05) is 6.07 Å². The molecule has 0 bridgehead atoms. The van der Waals surface area contributed by atoms with Gasteiger partial charge in [0.15, 0.2) is 0 Å². The van der Waals surface area contributed by atoms with Crippen molar-refractivity contribution in [3.8, 4) is 0 Å². The van der Waals surface area contributed by atoms with Crippen LogP contribution in [0.4, 0.5) is 0 Å². The zero-order chi connectivity index (χ0) is 13.1. The molecule has 18 heavy (non-hydrogen) atoms. The molecule has 2 aromatic rings. The molecule has 2 rings (SSSR count). The van der Waals surface area contributed by atoms with Crippen molar-refractivity contribution in [2.45, 2.75) is 13.5 Å². The summed E-state index contributed by atoms with van der Waals surface area (Å²) >= 11 is 2.20. The molecule has 1 aromatic carbocycles. The van der Waals surface area contributed by atoms with E-state index in [0.717, 1.165) is 14.9 Å². The van der Waals surface area contributed by atoms with Crippen LogP contribution in [0.3, 0.4) is 0 Å². The largest absolute Gasteiger partial charge is 0.469 e. The molecule has 0 N–H and O–H groups in total. The first kappa shape index (κ1) is 13.1. The highest BCUT2D eigenvalue weighted by atomic mass is 127. The van der Waals surface area contributed by atoms with Crippen LogP contribution in [0.15, 0.2) is 41.0 Å². The van der Waals surface area contributed by atoms with Gasteiger partial charge in [0, 0.05) is 28.3 Å². The fraction of sp³-hybridized carbons (Fsp3) is 0.214. The first-order valence-electron chi connectivity index (χ1n) is 5.62. The number of hydrogen-bond donors (Lipinski definition) is 0. The fourth-order valence-electron chi connectivity index (χ4n) is 1.74. The minimum Gasteiger partial charge on any atom is -0.469 e. The maximum Gasteiger partial charge on any atom is 0.253 e. The number of nitrogens with zero attached hydrogens (tertiary/aromatic N) is 1. The first-order valence-corrected chi connectivity index (χ1v) is 6.70. The van der Waals surface area contributed by atoms with Gasteiger partial charge >= 0.3 is 0 Å². The molecule has 94 valence electrons. The molecular weight excluding hydrogens is 341 g/mol. The lowest BCUT2D eigenvalue weighted by atomic mass is 10.2. The third-order valence-electron chi connectivity index (χ3n) is 2.79. The van der Waals surface area contributed by atoms with Gasteiger partial charge in [0.2, 0.25) is 0 Å². The molecule has 3 nitrogen and oxygen atoms in total. The van der Waals surface area contributed by atoms with Crippen molar-refractivity contribution < 1.29 is 9.21 Å². The van der Waals surface area contributed by atoms with Crippen LogP contribution in [0.5, 0.6) is 0 Å². The van der Waals surface area contributed by atoms with E-state index in [0.29, 0.717) is 12.1 Å². The summed E-state index contributed by atoms with van der Waals surface area (Å²) in [6.45, 7) is 2.46. The highest BCUT2D eigenvalue weighted by Gasteiger charge is 2.13. The van der Waals surface area contributed by atoms with E-state index in [1.807, 2.05) is 37.3 Å². The first-order chi connectivity index (χ1) is 8.58. The molecule has 0 unspecified atom stereocenters. The molecule has 0 aliphatic rings. The number of carbonyl (C=O) groups is 1. The number of amides is 1. The summed E-state index contributed by atoms with van der Waals surface area (Å²) in [7, 11) is 1.80. The summed E-state index contributed by atoms with van der Waals surface area (Å²) in [5.41, 5.74) is 1.75. The van der Waals surface area contributed by atoms with Crippen LogP contribution in [-0.2, 0) is 6.54 Å². The van der Waals surface area contributed by atoms with Crippen LogP contribution in [0, 0.1) is 10.5 Å². The number of halogens is 1. The Bertz CT molecular complexity index is 562. The van der Waals surface area contributed by atoms with E-state index in [-0.39, 0.29) is 5.91 Å². The molecule has 0 aliphatic carbocycles. The number of rotatable bonds is 3. The molecule has 0 aliphatic heterocycles. The van der Waals surface area contributed by atoms with Gasteiger partial charge in [0.05, 0.1) is 6.26 Å². The van der Waals surface area contributed by atoms with E-state index in [4.69, 9.17) is 4.42 Å². The van der Waals surface area contributed by atoms with Gasteiger partial charge in [0.1, 0.15) is 5.76 Å². The van der Waals surface area contributed by atoms with Crippen molar-refractivity contribution in [2.75, 3.05) is 7.05 Å². The molecule has 0 saturated heterocycles. The van der Waals surface area contributed by atoms with Gasteiger partial charge < -0.3 is 9.32 Å². The number of furan rings is 1. The average Bonchev–Trinajstić information content (AvgIpc) is 2.74. The van der Waals surface area contributed by atoms with Crippen LogP contribution in [0.25, 0.3) is 0 Å². The highest BCUT2D eigenvalue weighted by Crippen LogP contribution is 2.14. The Kier molecular flexibility index (Phi) is 4.06. The van der Waals surface area contributed by atoms with E-state index in [2.05, 4.69) is 22.6 Å². The predicted molar refractivity (Wildman–Crippen MR) is 78.4 cm³/mol. The number of aryl methyl sites for hydroxylation is 1. The minimum absolute atomic E-state index is 0.0223. The van der Waals surface area contributed by atoms with Crippen LogP contribution in [0.1, 0.15) is 21.7 Å². The lowest BCUT2D eigenvalue weighted by Gasteiger charge is -2.16. The van der Waals surface area contributed by atoms with Crippen molar-refractivity contribution >= 4 is 28.5 Å². The van der Waals surface area contributed by atoms with Crippen molar-refractivity contribution in [3.63, 3.8) is 0 Å². The van der Waals surface area contributed by atoms with Crippen LogP contribution in [-0.4, -0.2) is 17.9 Å². The fourth-order valence-corrected chi connectivity index (χ4v) is 2.29. The lowest BCUT2D eigenvalue weighted by molar-refractivity contribution is 0.0784. The smallest absolute Gasteiger partial charge is 0.253 e. The Morgan fingerprint density at radius 3 is 2.78 bits per heavy atom. The molecule has 0 radical (unpaired) electrons. The molecular formula is C14H14INO2. The quantitative estimate of drug-likeness (QED) is 0.790. The van der Waals surface area contributed by atoms with Gasteiger partial charge in [-0.3, -0.25) is 4.79 Å². The Balaban J connectivity index is 2.12. The van der Waals surface area contributed by atoms with Gasteiger partial charge in [-0.05, 0) is 53.8 Å². The average molecular weight is 355 g/mol. The Morgan fingerprint density at radius 2 is 2.17 bits per heavy atom. The normalized spacial score (nSPS) is 10.4. The van der Waals surface area contributed by atoms with Gasteiger partial charge in [0.25, 0.3) is 5.91 Å². The maximum atomic E-state index is 12.2. The summed E-state index contributed by atoms with van der Waals surface area (Å²) in [5.74, 6) is 0.881. The van der Waals surface area contributed by atoms with Gasteiger partial charge in [-0.2, -0.15) is 0 Å². The maximum absolute atomic E-state index is 12.2. The molecule has 1 aromatic heterocycles. The second-order valence-corrected chi connectivity index (χ2v) is 5.42.